The summed E-state index contributed by atoms with van der Waals surface area (Å²) in [4.78, 5) is 4.31. The Bertz CT molecular complexity index is 459. The number of fused-ring (bicyclic) bond motifs is 1. The fourth-order valence-electron chi connectivity index (χ4n) is 1.32. The largest absolute Gasteiger partial charge is 0.256 e. The minimum Gasteiger partial charge on any atom is -0.256 e. The molecule has 1 nitrogen and oxygen atoms in total. The van der Waals surface area contributed by atoms with Gasteiger partial charge in [0.25, 0.3) is 0 Å². The van der Waals surface area contributed by atoms with Gasteiger partial charge in [-0.15, -0.1) is 0 Å². The first-order valence-electron chi connectivity index (χ1n) is 3.89. The van der Waals surface area contributed by atoms with Crippen LogP contribution in [0.2, 0.25) is 5.02 Å². The second-order valence-corrected chi connectivity index (χ2v) is 4.45. The highest BCUT2D eigenvalue weighted by molar-refractivity contribution is 14.1. The van der Waals surface area contributed by atoms with Crippen molar-refractivity contribution in [3.63, 3.8) is 0 Å². The fourth-order valence-corrected chi connectivity index (χ4v) is 2.46. The van der Waals surface area contributed by atoms with E-state index >= 15 is 0 Å². The van der Waals surface area contributed by atoms with Crippen molar-refractivity contribution >= 4 is 45.1 Å². The summed E-state index contributed by atoms with van der Waals surface area (Å²) in [6.07, 6.45) is 1.74. The first-order valence-corrected chi connectivity index (χ1v) is 5.35. The SMILES string of the molecule is Cc1ccc(I)c2c(Cl)ccnc12. The first-order chi connectivity index (χ1) is 6.20. The van der Waals surface area contributed by atoms with E-state index in [4.69, 9.17) is 11.6 Å². The maximum absolute atomic E-state index is 6.09. The Morgan fingerprint density at radius 3 is 2.77 bits per heavy atom. The fraction of sp³-hybridized carbons (Fsp3) is 0.100. The Kier molecular flexibility index (Phi) is 2.43. The summed E-state index contributed by atoms with van der Waals surface area (Å²) < 4.78 is 1.15. The molecule has 0 amide bonds. The van der Waals surface area contributed by atoms with Gasteiger partial charge in [0.2, 0.25) is 0 Å². The number of nitrogens with zero attached hydrogens (tertiary/aromatic N) is 1. The Labute approximate surface area is 95.3 Å². The van der Waals surface area contributed by atoms with E-state index in [-0.39, 0.29) is 0 Å². The van der Waals surface area contributed by atoms with Crippen molar-refractivity contribution in [2.75, 3.05) is 0 Å². The number of aryl methyl sites for hydroxylation is 1. The summed E-state index contributed by atoms with van der Waals surface area (Å²) in [5.41, 5.74) is 2.16. The Morgan fingerprint density at radius 2 is 2.08 bits per heavy atom. The number of pyridine rings is 1. The molecule has 66 valence electrons. The zero-order valence-corrected chi connectivity index (χ0v) is 9.93. The first kappa shape index (κ1) is 9.21. The Morgan fingerprint density at radius 1 is 1.31 bits per heavy atom. The predicted molar refractivity (Wildman–Crippen MR) is 64.2 cm³/mol. The van der Waals surface area contributed by atoms with Crippen LogP contribution in [0, 0.1) is 10.5 Å². The Balaban J connectivity index is 3.00. The summed E-state index contributed by atoms with van der Waals surface area (Å²) in [6.45, 7) is 2.04. The smallest absolute Gasteiger partial charge is 0.0756 e. The highest BCUT2D eigenvalue weighted by atomic mass is 127. The van der Waals surface area contributed by atoms with Crippen LogP contribution in [-0.4, -0.2) is 4.98 Å². The molecule has 2 rings (SSSR count). The average molecular weight is 304 g/mol. The van der Waals surface area contributed by atoms with Gasteiger partial charge in [-0.25, -0.2) is 0 Å². The summed E-state index contributed by atoms with van der Waals surface area (Å²) in [5, 5.41) is 1.84. The second-order valence-electron chi connectivity index (χ2n) is 2.88. The lowest BCUT2D eigenvalue weighted by Gasteiger charge is -2.04. The van der Waals surface area contributed by atoms with E-state index in [1.54, 1.807) is 6.20 Å². The van der Waals surface area contributed by atoms with Gasteiger partial charge in [-0.1, -0.05) is 17.7 Å². The van der Waals surface area contributed by atoms with Crippen molar-refractivity contribution in [3.05, 3.63) is 38.6 Å². The standard InChI is InChI=1S/C10H7ClIN/c1-6-2-3-8(12)9-7(11)4-5-13-10(6)9/h2-5H,1H3. The van der Waals surface area contributed by atoms with E-state index in [1.165, 1.54) is 0 Å². The highest BCUT2D eigenvalue weighted by Gasteiger charge is 2.05. The summed E-state index contributed by atoms with van der Waals surface area (Å²) in [5.74, 6) is 0. The van der Waals surface area contributed by atoms with Crippen LogP contribution in [0.1, 0.15) is 5.56 Å². The molecule has 1 aromatic carbocycles. The topological polar surface area (TPSA) is 12.9 Å². The van der Waals surface area contributed by atoms with E-state index in [0.717, 1.165) is 25.1 Å². The third kappa shape index (κ3) is 1.53. The molecule has 0 radical (unpaired) electrons. The normalized spacial score (nSPS) is 10.7. The van der Waals surface area contributed by atoms with Gasteiger partial charge in [-0.2, -0.15) is 0 Å². The lowest BCUT2D eigenvalue weighted by atomic mass is 10.1. The summed E-state index contributed by atoms with van der Waals surface area (Å²) >= 11 is 8.37. The van der Waals surface area contributed by atoms with Crippen LogP contribution in [0.4, 0.5) is 0 Å². The van der Waals surface area contributed by atoms with Gasteiger partial charge in [-0.05, 0) is 47.2 Å². The van der Waals surface area contributed by atoms with Crippen LogP contribution in [0.15, 0.2) is 24.4 Å². The molecule has 13 heavy (non-hydrogen) atoms. The Hall–Kier alpha value is -0.350. The molecule has 1 heterocycles. The molecule has 0 fully saturated rings. The van der Waals surface area contributed by atoms with Crippen molar-refractivity contribution in [2.24, 2.45) is 0 Å². The van der Waals surface area contributed by atoms with Crippen molar-refractivity contribution in [1.29, 1.82) is 0 Å². The number of benzene rings is 1. The van der Waals surface area contributed by atoms with Crippen LogP contribution in [0.25, 0.3) is 10.9 Å². The summed E-state index contributed by atoms with van der Waals surface area (Å²) in [6, 6.07) is 5.95. The van der Waals surface area contributed by atoms with Crippen molar-refractivity contribution in [1.82, 2.24) is 4.98 Å². The summed E-state index contributed by atoms with van der Waals surface area (Å²) in [7, 11) is 0. The highest BCUT2D eigenvalue weighted by Crippen LogP contribution is 2.28. The quantitative estimate of drug-likeness (QED) is 0.675. The van der Waals surface area contributed by atoms with E-state index in [0.29, 0.717) is 0 Å². The van der Waals surface area contributed by atoms with Crippen LogP contribution in [0.5, 0.6) is 0 Å². The molecule has 0 atom stereocenters. The van der Waals surface area contributed by atoms with Crippen LogP contribution >= 0.6 is 34.2 Å². The number of hydrogen-bond donors (Lipinski definition) is 0. The molecule has 0 saturated carbocycles. The molecule has 1 aromatic heterocycles. The third-order valence-electron chi connectivity index (χ3n) is 1.99. The van der Waals surface area contributed by atoms with Crippen LogP contribution in [-0.2, 0) is 0 Å². The van der Waals surface area contributed by atoms with E-state index in [1.807, 2.05) is 13.0 Å². The number of rotatable bonds is 0. The second kappa shape index (κ2) is 3.42. The average Bonchev–Trinajstić information content (AvgIpc) is 2.12. The van der Waals surface area contributed by atoms with Crippen LogP contribution in [0.3, 0.4) is 0 Å². The molecule has 0 N–H and O–H groups in total. The molecular formula is C10H7ClIN. The zero-order chi connectivity index (χ0) is 9.42. The third-order valence-corrected chi connectivity index (χ3v) is 3.21. The van der Waals surface area contributed by atoms with Gasteiger partial charge in [0.1, 0.15) is 0 Å². The van der Waals surface area contributed by atoms with Crippen molar-refractivity contribution < 1.29 is 0 Å². The molecule has 0 spiro atoms. The molecule has 3 heteroatoms. The lowest BCUT2D eigenvalue weighted by molar-refractivity contribution is 1.36. The van der Waals surface area contributed by atoms with Gasteiger partial charge < -0.3 is 0 Å². The minimum atomic E-state index is 0.776. The number of aromatic nitrogens is 1. The van der Waals surface area contributed by atoms with E-state index in [9.17, 15) is 0 Å². The maximum atomic E-state index is 6.09. The molecular weight excluding hydrogens is 296 g/mol. The predicted octanol–water partition coefficient (Wildman–Crippen LogP) is 3.80. The molecule has 0 unspecified atom stereocenters. The molecule has 0 aliphatic heterocycles. The van der Waals surface area contributed by atoms with Crippen molar-refractivity contribution in [2.45, 2.75) is 6.92 Å². The zero-order valence-electron chi connectivity index (χ0n) is 7.01. The number of hydrogen-bond acceptors (Lipinski definition) is 1. The van der Waals surface area contributed by atoms with Crippen LogP contribution < -0.4 is 0 Å². The van der Waals surface area contributed by atoms with Crippen molar-refractivity contribution in [3.8, 4) is 0 Å². The molecule has 2 aromatic rings. The monoisotopic (exact) mass is 303 g/mol. The maximum Gasteiger partial charge on any atom is 0.0756 e. The van der Waals surface area contributed by atoms with Gasteiger partial charge in [0, 0.05) is 15.2 Å². The van der Waals surface area contributed by atoms with Gasteiger partial charge >= 0.3 is 0 Å². The van der Waals surface area contributed by atoms with E-state index in [2.05, 4.69) is 39.7 Å². The van der Waals surface area contributed by atoms with Gasteiger partial charge in [-0.3, -0.25) is 4.98 Å². The number of halogens is 2. The molecule has 0 aliphatic carbocycles. The van der Waals surface area contributed by atoms with Gasteiger partial charge in [0.15, 0.2) is 0 Å². The molecule has 0 aliphatic rings. The van der Waals surface area contributed by atoms with Gasteiger partial charge in [0.05, 0.1) is 10.5 Å². The molecule has 0 saturated heterocycles. The van der Waals surface area contributed by atoms with E-state index < -0.39 is 0 Å². The minimum absolute atomic E-state index is 0.776. The molecule has 0 bridgehead atoms. The lowest BCUT2D eigenvalue weighted by Crippen LogP contribution is -1.86.